The lowest BCUT2D eigenvalue weighted by Crippen LogP contribution is -2.34. The van der Waals surface area contributed by atoms with Crippen LogP contribution in [0.1, 0.15) is 35.0 Å². The maximum atomic E-state index is 11.9. The van der Waals surface area contributed by atoms with Crippen molar-refractivity contribution in [1.29, 1.82) is 0 Å². The van der Waals surface area contributed by atoms with Crippen LogP contribution in [0.25, 0.3) is 0 Å². The molecule has 1 aromatic heterocycles. The van der Waals surface area contributed by atoms with E-state index in [2.05, 4.69) is 5.32 Å². The fourth-order valence-electron chi connectivity index (χ4n) is 1.82. The number of rotatable bonds is 8. The van der Waals surface area contributed by atoms with E-state index in [1.54, 1.807) is 0 Å². The summed E-state index contributed by atoms with van der Waals surface area (Å²) in [6, 6.07) is 1.97. The quantitative estimate of drug-likeness (QED) is 0.765. The number of aryl methyl sites for hydroxylation is 1. The summed E-state index contributed by atoms with van der Waals surface area (Å²) in [7, 11) is 0. The van der Waals surface area contributed by atoms with Crippen LogP contribution in [0.15, 0.2) is 11.4 Å². The molecule has 1 aliphatic rings. The SMILES string of the molecule is CCc1ccsc1C(=O)NCC(O)COCC1CC1. The third kappa shape index (κ3) is 4.60. The van der Waals surface area contributed by atoms with Gasteiger partial charge in [-0.05, 0) is 42.2 Å². The Morgan fingerprint density at radius 2 is 2.42 bits per heavy atom. The van der Waals surface area contributed by atoms with Gasteiger partial charge in [0, 0.05) is 13.2 Å². The highest BCUT2D eigenvalue weighted by atomic mass is 32.1. The van der Waals surface area contributed by atoms with Gasteiger partial charge in [-0.2, -0.15) is 0 Å². The molecule has 0 aliphatic heterocycles. The smallest absolute Gasteiger partial charge is 0.261 e. The van der Waals surface area contributed by atoms with Crippen LogP contribution in [-0.4, -0.2) is 36.9 Å². The molecule has 106 valence electrons. The monoisotopic (exact) mass is 283 g/mol. The Hall–Kier alpha value is -0.910. The molecule has 1 fully saturated rings. The summed E-state index contributed by atoms with van der Waals surface area (Å²) in [5.41, 5.74) is 1.06. The zero-order valence-corrected chi connectivity index (χ0v) is 12.0. The molecule has 1 aliphatic carbocycles. The number of hydrogen-bond donors (Lipinski definition) is 2. The van der Waals surface area contributed by atoms with Crippen molar-refractivity contribution >= 4 is 17.2 Å². The highest BCUT2D eigenvalue weighted by Gasteiger charge is 2.21. The number of hydrogen-bond acceptors (Lipinski definition) is 4. The van der Waals surface area contributed by atoms with Gasteiger partial charge >= 0.3 is 0 Å². The molecule has 1 heterocycles. The Bertz CT molecular complexity index is 415. The van der Waals surface area contributed by atoms with E-state index in [4.69, 9.17) is 4.74 Å². The average molecular weight is 283 g/mol. The third-order valence-corrected chi connectivity index (χ3v) is 4.15. The van der Waals surface area contributed by atoms with Gasteiger partial charge in [0.05, 0.1) is 17.6 Å². The first-order chi connectivity index (χ1) is 9.20. The van der Waals surface area contributed by atoms with Gasteiger partial charge in [-0.1, -0.05) is 6.92 Å². The van der Waals surface area contributed by atoms with Crippen molar-refractivity contribution < 1.29 is 14.6 Å². The summed E-state index contributed by atoms with van der Waals surface area (Å²) in [6.07, 6.45) is 2.70. The molecule has 0 radical (unpaired) electrons. The van der Waals surface area contributed by atoms with Crippen molar-refractivity contribution in [3.05, 3.63) is 21.9 Å². The molecule has 0 bridgehead atoms. The Balaban J connectivity index is 1.67. The molecule has 19 heavy (non-hydrogen) atoms. The second kappa shape index (κ2) is 7.03. The van der Waals surface area contributed by atoms with Crippen LogP contribution in [0.3, 0.4) is 0 Å². The molecule has 1 amide bonds. The van der Waals surface area contributed by atoms with Crippen molar-refractivity contribution in [1.82, 2.24) is 5.32 Å². The van der Waals surface area contributed by atoms with Gasteiger partial charge in [0.2, 0.25) is 0 Å². The Kier molecular flexibility index (Phi) is 5.36. The molecule has 4 nitrogen and oxygen atoms in total. The molecule has 5 heteroatoms. The van der Waals surface area contributed by atoms with E-state index in [-0.39, 0.29) is 12.5 Å². The van der Waals surface area contributed by atoms with E-state index < -0.39 is 6.10 Å². The van der Waals surface area contributed by atoms with Crippen LogP contribution < -0.4 is 5.32 Å². The molecule has 1 atom stereocenters. The highest BCUT2D eigenvalue weighted by Crippen LogP contribution is 2.28. The fraction of sp³-hybridized carbons (Fsp3) is 0.643. The molecule has 2 N–H and O–H groups in total. The first-order valence-corrected chi connectivity index (χ1v) is 7.69. The predicted molar refractivity (Wildman–Crippen MR) is 75.6 cm³/mol. The van der Waals surface area contributed by atoms with Crippen molar-refractivity contribution in [2.24, 2.45) is 5.92 Å². The van der Waals surface area contributed by atoms with Crippen LogP contribution in [-0.2, 0) is 11.2 Å². The number of nitrogens with one attached hydrogen (secondary N) is 1. The van der Waals surface area contributed by atoms with E-state index in [1.165, 1.54) is 24.2 Å². The topological polar surface area (TPSA) is 58.6 Å². The minimum absolute atomic E-state index is 0.104. The summed E-state index contributed by atoms with van der Waals surface area (Å²) >= 11 is 1.44. The van der Waals surface area contributed by atoms with Crippen LogP contribution >= 0.6 is 11.3 Å². The van der Waals surface area contributed by atoms with Crippen LogP contribution in [0.2, 0.25) is 0 Å². The lowest BCUT2D eigenvalue weighted by atomic mass is 10.2. The second-order valence-corrected chi connectivity index (χ2v) is 5.89. The number of aliphatic hydroxyl groups excluding tert-OH is 1. The Morgan fingerprint density at radius 3 is 3.11 bits per heavy atom. The first kappa shape index (κ1) is 14.5. The lowest BCUT2D eigenvalue weighted by molar-refractivity contribution is 0.0321. The molecule has 2 rings (SSSR count). The molecular formula is C14H21NO3S. The van der Waals surface area contributed by atoms with Gasteiger partial charge in [0.15, 0.2) is 0 Å². The van der Waals surface area contributed by atoms with Gasteiger partial charge in [-0.3, -0.25) is 4.79 Å². The Labute approximate surface area is 117 Å². The molecular weight excluding hydrogens is 262 g/mol. The highest BCUT2D eigenvalue weighted by molar-refractivity contribution is 7.12. The summed E-state index contributed by atoms with van der Waals surface area (Å²) < 4.78 is 5.39. The van der Waals surface area contributed by atoms with E-state index in [0.717, 1.165) is 23.5 Å². The normalized spacial score (nSPS) is 16.3. The molecule has 1 unspecified atom stereocenters. The molecule has 0 saturated heterocycles. The molecule has 0 aromatic carbocycles. The second-order valence-electron chi connectivity index (χ2n) is 4.97. The number of carbonyl (C=O) groups excluding carboxylic acids is 1. The minimum Gasteiger partial charge on any atom is -0.389 e. The molecule has 1 saturated carbocycles. The summed E-state index contributed by atoms with van der Waals surface area (Å²) in [5.74, 6) is 0.591. The number of carbonyl (C=O) groups is 1. The Morgan fingerprint density at radius 1 is 1.63 bits per heavy atom. The van der Waals surface area contributed by atoms with Crippen molar-refractivity contribution in [2.75, 3.05) is 19.8 Å². The van der Waals surface area contributed by atoms with E-state index in [1.807, 2.05) is 18.4 Å². The van der Waals surface area contributed by atoms with Crippen LogP contribution in [0, 0.1) is 5.92 Å². The summed E-state index contributed by atoms with van der Waals surface area (Å²) in [5, 5.41) is 14.4. The first-order valence-electron chi connectivity index (χ1n) is 6.81. The maximum absolute atomic E-state index is 11.9. The maximum Gasteiger partial charge on any atom is 0.261 e. The van der Waals surface area contributed by atoms with E-state index >= 15 is 0 Å². The number of aliphatic hydroxyl groups is 1. The van der Waals surface area contributed by atoms with Gasteiger partial charge < -0.3 is 15.2 Å². The van der Waals surface area contributed by atoms with Gasteiger partial charge in [-0.15, -0.1) is 11.3 Å². The molecule has 0 spiro atoms. The lowest BCUT2D eigenvalue weighted by Gasteiger charge is -2.12. The standard InChI is InChI=1S/C14H21NO3S/c1-2-11-5-6-19-13(11)14(17)15-7-12(16)9-18-8-10-3-4-10/h5-6,10,12,16H,2-4,7-9H2,1H3,(H,15,17). The zero-order chi connectivity index (χ0) is 13.7. The third-order valence-electron chi connectivity index (χ3n) is 3.19. The van der Waals surface area contributed by atoms with Crippen LogP contribution in [0.5, 0.6) is 0 Å². The van der Waals surface area contributed by atoms with E-state index in [9.17, 15) is 9.90 Å². The zero-order valence-electron chi connectivity index (χ0n) is 11.2. The van der Waals surface area contributed by atoms with Crippen LogP contribution in [0.4, 0.5) is 0 Å². The average Bonchev–Trinajstić information content (AvgIpc) is 3.10. The van der Waals surface area contributed by atoms with E-state index in [0.29, 0.717) is 12.5 Å². The molecule has 1 aromatic rings. The van der Waals surface area contributed by atoms with Crippen molar-refractivity contribution in [3.8, 4) is 0 Å². The van der Waals surface area contributed by atoms with Gasteiger partial charge in [0.1, 0.15) is 0 Å². The largest absolute Gasteiger partial charge is 0.389 e. The summed E-state index contributed by atoms with van der Waals surface area (Å²) in [6.45, 7) is 3.29. The van der Waals surface area contributed by atoms with Gasteiger partial charge in [0.25, 0.3) is 5.91 Å². The minimum atomic E-state index is -0.632. The fourth-order valence-corrected chi connectivity index (χ4v) is 2.73. The number of ether oxygens (including phenoxy) is 1. The predicted octanol–water partition coefficient (Wildman–Crippen LogP) is 1.83. The number of thiophene rings is 1. The van der Waals surface area contributed by atoms with Crippen molar-refractivity contribution in [2.45, 2.75) is 32.3 Å². The number of amides is 1. The van der Waals surface area contributed by atoms with Crippen molar-refractivity contribution in [3.63, 3.8) is 0 Å². The summed E-state index contributed by atoms with van der Waals surface area (Å²) in [4.78, 5) is 12.7. The van der Waals surface area contributed by atoms with Gasteiger partial charge in [-0.25, -0.2) is 0 Å².